The molecule has 0 amide bonds. The number of nitrogens with zero attached hydrogens (tertiary/aromatic N) is 4. The minimum absolute atomic E-state index is 0.575. The molecule has 1 aliphatic heterocycles. The molecule has 104 valence electrons. The fraction of sp³-hybridized carbons (Fsp3) is 0.533. The van der Waals surface area contributed by atoms with Gasteiger partial charge in [-0.2, -0.15) is 0 Å². The molecule has 0 aromatic carbocycles. The average Bonchev–Trinajstić information content (AvgIpc) is 3.04. The van der Waals surface area contributed by atoms with Crippen LogP contribution in [0.1, 0.15) is 36.0 Å². The van der Waals surface area contributed by atoms with Crippen LogP contribution in [0, 0.1) is 6.92 Å². The topological polar surface area (TPSA) is 41.9 Å². The van der Waals surface area contributed by atoms with Crippen molar-refractivity contribution in [1.82, 2.24) is 15.0 Å². The Balaban J connectivity index is 1.84. The van der Waals surface area contributed by atoms with Crippen LogP contribution in [0.3, 0.4) is 0 Å². The van der Waals surface area contributed by atoms with Gasteiger partial charge in [0, 0.05) is 30.0 Å². The zero-order valence-electron chi connectivity index (χ0n) is 11.9. The monoisotopic (exact) mass is 286 g/mol. The lowest BCUT2D eigenvalue weighted by atomic mass is 10.1. The Morgan fingerprint density at radius 3 is 2.85 bits per heavy atom. The number of anilines is 1. The Hall–Kier alpha value is -1.49. The van der Waals surface area contributed by atoms with E-state index in [1.165, 1.54) is 29.0 Å². The summed E-state index contributed by atoms with van der Waals surface area (Å²) >= 11 is 1.73. The first-order valence-electron chi connectivity index (χ1n) is 7.31. The van der Waals surface area contributed by atoms with E-state index in [2.05, 4.69) is 16.8 Å². The van der Waals surface area contributed by atoms with Gasteiger partial charge in [-0.15, -0.1) is 11.3 Å². The van der Waals surface area contributed by atoms with Crippen molar-refractivity contribution < 1.29 is 0 Å². The van der Waals surface area contributed by atoms with Crippen LogP contribution in [-0.4, -0.2) is 27.5 Å². The van der Waals surface area contributed by atoms with Crippen LogP contribution >= 0.6 is 11.3 Å². The number of aryl methyl sites for hydroxylation is 2. The molecule has 4 rings (SSSR count). The van der Waals surface area contributed by atoms with E-state index in [1.54, 1.807) is 11.3 Å². The molecule has 0 spiro atoms. The van der Waals surface area contributed by atoms with Crippen LogP contribution in [0.15, 0.2) is 6.20 Å². The van der Waals surface area contributed by atoms with Crippen LogP contribution in [0.4, 0.5) is 5.95 Å². The maximum absolute atomic E-state index is 4.89. The smallest absolute Gasteiger partial charge is 0.226 e. The molecule has 1 aliphatic carbocycles. The fourth-order valence-corrected chi connectivity index (χ4v) is 3.83. The van der Waals surface area contributed by atoms with Crippen molar-refractivity contribution in [3.8, 4) is 10.6 Å². The molecule has 4 nitrogen and oxygen atoms in total. The lowest BCUT2D eigenvalue weighted by molar-refractivity contribution is 0.470. The summed E-state index contributed by atoms with van der Waals surface area (Å²) in [7, 11) is 0. The molecular formula is C15H18N4S. The van der Waals surface area contributed by atoms with Gasteiger partial charge in [-0.05, 0) is 39.5 Å². The van der Waals surface area contributed by atoms with Crippen molar-refractivity contribution in [2.75, 3.05) is 11.4 Å². The van der Waals surface area contributed by atoms with Gasteiger partial charge < -0.3 is 4.90 Å². The fourth-order valence-electron chi connectivity index (χ4n) is 3.04. The van der Waals surface area contributed by atoms with Gasteiger partial charge in [0.2, 0.25) is 5.95 Å². The van der Waals surface area contributed by atoms with Crippen molar-refractivity contribution in [1.29, 1.82) is 0 Å². The predicted octanol–water partition coefficient (Wildman–Crippen LogP) is 3.00. The van der Waals surface area contributed by atoms with Gasteiger partial charge in [0.05, 0.1) is 15.6 Å². The van der Waals surface area contributed by atoms with Crippen LogP contribution in [0.5, 0.6) is 0 Å². The first-order valence-corrected chi connectivity index (χ1v) is 8.13. The highest BCUT2D eigenvalue weighted by atomic mass is 32.1. The lowest BCUT2D eigenvalue weighted by Crippen LogP contribution is -2.46. The second-order valence-electron chi connectivity index (χ2n) is 5.73. The summed E-state index contributed by atoms with van der Waals surface area (Å²) in [5.74, 6) is 0.922. The van der Waals surface area contributed by atoms with Gasteiger partial charge in [-0.1, -0.05) is 0 Å². The molecule has 0 N–H and O–H groups in total. The first kappa shape index (κ1) is 12.3. The van der Waals surface area contributed by atoms with E-state index in [9.17, 15) is 0 Å². The Morgan fingerprint density at radius 2 is 2.20 bits per heavy atom. The van der Waals surface area contributed by atoms with E-state index in [-0.39, 0.29) is 0 Å². The van der Waals surface area contributed by atoms with Crippen molar-refractivity contribution >= 4 is 17.3 Å². The lowest BCUT2D eigenvalue weighted by Gasteiger charge is -2.39. The summed E-state index contributed by atoms with van der Waals surface area (Å²) in [6, 6.07) is 0.575. The van der Waals surface area contributed by atoms with Crippen molar-refractivity contribution in [2.24, 2.45) is 0 Å². The van der Waals surface area contributed by atoms with Gasteiger partial charge in [-0.3, -0.25) is 0 Å². The standard InChI is InChI=1S/C15H18N4S/c1-9-6-7-19(9)15-17-12-5-3-4-11(12)14(18-15)13-8-16-10(2)20-13/h8-9H,3-7H2,1-2H3/t9-/m0/s1. The molecule has 0 bridgehead atoms. The third kappa shape index (κ3) is 1.84. The SMILES string of the molecule is Cc1ncc(-c2nc(N3CC[C@@H]3C)nc3c2CCC3)s1. The van der Waals surface area contributed by atoms with Crippen LogP contribution in [-0.2, 0) is 12.8 Å². The van der Waals surface area contributed by atoms with E-state index in [0.29, 0.717) is 6.04 Å². The normalized spacial score (nSPS) is 20.9. The molecule has 1 fully saturated rings. The Bertz CT molecular complexity index is 664. The molecular weight excluding hydrogens is 268 g/mol. The van der Waals surface area contributed by atoms with Crippen LogP contribution in [0.25, 0.3) is 10.6 Å². The summed E-state index contributed by atoms with van der Waals surface area (Å²) in [6.07, 6.45) is 6.61. The number of aromatic nitrogens is 3. The largest absolute Gasteiger partial charge is 0.338 e. The molecule has 1 atom stereocenters. The molecule has 0 unspecified atom stereocenters. The molecule has 5 heteroatoms. The van der Waals surface area contributed by atoms with E-state index >= 15 is 0 Å². The van der Waals surface area contributed by atoms with Crippen molar-refractivity contribution in [3.63, 3.8) is 0 Å². The highest BCUT2D eigenvalue weighted by molar-refractivity contribution is 7.15. The molecule has 2 aliphatic rings. The highest BCUT2D eigenvalue weighted by Crippen LogP contribution is 2.35. The number of thiazole rings is 1. The Morgan fingerprint density at radius 1 is 1.30 bits per heavy atom. The van der Waals surface area contributed by atoms with Gasteiger partial charge >= 0.3 is 0 Å². The van der Waals surface area contributed by atoms with E-state index in [0.717, 1.165) is 36.0 Å². The second-order valence-corrected chi connectivity index (χ2v) is 6.96. The van der Waals surface area contributed by atoms with E-state index in [4.69, 9.17) is 9.97 Å². The van der Waals surface area contributed by atoms with Crippen LogP contribution < -0.4 is 4.90 Å². The summed E-state index contributed by atoms with van der Waals surface area (Å²) < 4.78 is 0. The van der Waals surface area contributed by atoms with E-state index < -0.39 is 0 Å². The number of fused-ring (bicyclic) bond motifs is 1. The predicted molar refractivity (Wildman–Crippen MR) is 81.3 cm³/mol. The van der Waals surface area contributed by atoms with Gasteiger partial charge in [0.15, 0.2) is 0 Å². The third-order valence-electron chi connectivity index (χ3n) is 4.35. The quantitative estimate of drug-likeness (QED) is 0.851. The minimum Gasteiger partial charge on any atom is -0.338 e. The molecule has 2 aromatic rings. The maximum Gasteiger partial charge on any atom is 0.226 e. The van der Waals surface area contributed by atoms with Crippen LogP contribution in [0.2, 0.25) is 0 Å². The summed E-state index contributed by atoms with van der Waals surface area (Å²) in [4.78, 5) is 17.6. The Labute approximate surface area is 122 Å². The van der Waals surface area contributed by atoms with Crippen molar-refractivity contribution in [2.45, 2.75) is 45.6 Å². The maximum atomic E-state index is 4.89. The number of hydrogen-bond donors (Lipinski definition) is 0. The number of rotatable bonds is 2. The van der Waals surface area contributed by atoms with E-state index in [1.807, 2.05) is 13.1 Å². The second kappa shape index (κ2) is 4.52. The highest BCUT2D eigenvalue weighted by Gasteiger charge is 2.29. The molecule has 2 aromatic heterocycles. The van der Waals surface area contributed by atoms with Gasteiger partial charge in [0.1, 0.15) is 0 Å². The van der Waals surface area contributed by atoms with Crippen molar-refractivity contribution in [3.05, 3.63) is 22.5 Å². The first-order chi connectivity index (χ1) is 9.72. The molecule has 1 saturated heterocycles. The molecule has 3 heterocycles. The van der Waals surface area contributed by atoms with Gasteiger partial charge in [0.25, 0.3) is 0 Å². The minimum atomic E-state index is 0.575. The van der Waals surface area contributed by atoms with Gasteiger partial charge in [-0.25, -0.2) is 15.0 Å². The summed E-state index contributed by atoms with van der Waals surface area (Å²) in [5, 5.41) is 1.10. The zero-order valence-corrected chi connectivity index (χ0v) is 12.7. The third-order valence-corrected chi connectivity index (χ3v) is 5.27. The summed E-state index contributed by atoms with van der Waals surface area (Å²) in [5.41, 5.74) is 3.74. The average molecular weight is 286 g/mol. The molecule has 0 radical (unpaired) electrons. The molecule has 0 saturated carbocycles. The Kier molecular flexibility index (Phi) is 2.77. The zero-order chi connectivity index (χ0) is 13.7. The summed E-state index contributed by atoms with van der Waals surface area (Å²) in [6.45, 7) is 5.38. The molecule has 20 heavy (non-hydrogen) atoms. The number of hydrogen-bond acceptors (Lipinski definition) is 5.